The van der Waals surface area contributed by atoms with Gasteiger partial charge in [0.1, 0.15) is 11.9 Å². The second-order valence-corrected chi connectivity index (χ2v) is 3.72. The maximum Gasteiger partial charge on any atom is 0.124 e. The molecule has 1 aliphatic heterocycles. The topological polar surface area (TPSA) is 38.7 Å². The highest BCUT2D eigenvalue weighted by Gasteiger charge is 2.16. The fraction of sp³-hybridized carbons (Fsp3) is 0.500. The van der Waals surface area contributed by atoms with E-state index in [1.807, 2.05) is 24.3 Å². The second-order valence-electron chi connectivity index (χ2n) is 3.72. The molecule has 0 aromatic heterocycles. The summed E-state index contributed by atoms with van der Waals surface area (Å²) in [5.41, 5.74) is 1.13. The second kappa shape index (κ2) is 5.14. The quantitative estimate of drug-likeness (QED) is 0.812. The molecule has 2 rings (SSSR count). The van der Waals surface area contributed by atoms with E-state index < -0.39 is 0 Å². The molecule has 0 spiro atoms. The average Bonchev–Trinajstić information content (AvgIpc) is 2.74. The van der Waals surface area contributed by atoms with E-state index in [-0.39, 0.29) is 12.7 Å². The van der Waals surface area contributed by atoms with Gasteiger partial charge in [0, 0.05) is 13.0 Å². The van der Waals surface area contributed by atoms with Crippen LogP contribution in [0.15, 0.2) is 24.3 Å². The van der Waals surface area contributed by atoms with Crippen LogP contribution in [-0.4, -0.2) is 31.0 Å². The minimum absolute atomic E-state index is 0.191. The summed E-state index contributed by atoms with van der Waals surface area (Å²) in [6, 6.07) is 7.87. The lowest BCUT2D eigenvalue weighted by Crippen LogP contribution is -2.15. The molecule has 0 aliphatic carbocycles. The first-order valence-electron chi connectivity index (χ1n) is 5.32. The Labute approximate surface area is 89.6 Å². The molecule has 0 bridgehead atoms. The highest BCUT2D eigenvalue weighted by Crippen LogP contribution is 2.17. The number of aliphatic hydroxyl groups is 1. The average molecular weight is 208 g/mol. The van der Waals surface area contributed by atoms with E-state index in [1.165, 1.54) is 0 Å². The first-order chi connectivity index (χ1) is 7.38. The number of hydrogen-bond donors (Lipinski definition) is 1. The van der Waals surface area contributed by atoms with Crippen molar-refractivity contribution in [1.82, 2.24) is 0 Å². The molecule has 1 heterocycles. The maximum absolute atomic E-state index is 8.77. The summed E-state index contributed by atoms with van der Waals surface area (Å²) in [6.07, 6.45) is 1.87. The van der Waals surface area contributed by atoms with E-state index in [4.69, 9.17) is 14.6 Å². The molecule has 1 atom stereocenters. The molecule has 0 amide bonds. The van der Waals surface area contributed by atoms with Gasteiger partial charge in [0.15, 0.2) is 0 Å². The highest BCUT2D eigenvalue weighted by molar-refractivity contribution is 5.27. The van der Waals surface area contributed by atoms with E-state index >= 15 is 0 Å². The van der Waals surface area contributed by atoms with Crippen LogP contribution in [0.4, 0.5) is 0 Å². The largest absolute Gasteiger partial charge is 0.488 e. The van der Waals surface area contributed by atoms with Gasteiger partial charge < -0.3 is 14.6 Å². The van der Waals surface area contributed by atoms with Gasteiger partial charge in [0.05, 0.1) is 13.2 Å². The third-order valence-electron chi connectivity index (χ3n) is 2.51. The molecule has 1 aromatic carbocycles. The van der Waals surface area contributed by atoms with E-state index in [1.54, 1.807) is 0 Å². The summed E-state index contributed by atoms with van der Waals surface area (Å²) in [5, 5.41) is 8.77. The molecule has 15 heavy (non-hydrogen) atoms. The third kappa shape index (κ3) is 2.94. The standard InChI is InChI=1S/C12H16O3/c13-7-5-10-1-3-11(4-2-10)15-12-6-8-14-9-12/h1-4,12-13H,5-9H2. The van der Waals surface area contributed by atoms with Gasteiger partial charge in [-0.3, -0.25) is 0 Å². The Kier molecular flexibility index (Phi) is 3.59. The molecule has 1 saturated heterocycles. The summed E-state index contributed by atoms with van der Waals surface area (Å²) < 4.78 is 11.0. The molecule has 3 heteroatoms. The number of hydrogen-bond acceptors (Lipinski definition) is 3. The first-order valence-corrected chi connectivity index (χ1v) is 5.32. The molecule has 0 radical (unpaired) electrons. The number of aliphatic hydroxyl groups excluding tert-OH is 1. The Morgan fingerprint density at radius 3 is 2.73 bits per heavy atom. The van der Waals surface area contributed by atoms with Gasteiger partial charge in [-0.15, -0.1) is 0 Å². The van der Waals surface area contributed by atoms with E-state index in [0.717, 1.165) is 24.3 Å². The van der Waals surface area contributed by atoms with Gasteiger partial charge in [0.2, 0.25) is 0 Å². The fourth-order valence-corrected chi connectivity index (χ4v) is 1.66. The van der Waals surface area contributed by atoms with Crippen molar-refractivity contribution in [2.24, 2.45) is 0 Å². The lowest BCUT2D eigenvalue weighted by Gasteiger charge is -2.11. The van der Waals surface area contributed by atoms with Gasteiger partial charge in [0.25, 0.3) is 0 Å². The van der Waals surface area contributed by atoms with Gasteiger partial charge in [-0.05, 0) is 24.1 Å². The molecule has 1 fully saturated rings. The lowest BCUT2D eigenvalue weighted by atomic mass is 10.1. The number of ether oxygens (including phenoxy) is 2. The predicted molar refractivity (Wildman–Crippen MR) is 57.1 cm³/mol. The summed E-state index contributed by atoms with van der Waals surface area (Å²) in [6.45, 7) is 1.68. The molecule has 1 aliphatic rings. The SMILES string of the molecule is OCCc1ccc(OC2CCOC2)cc1. The third-order valence-corrected chi connectivity index (χ3v) is 2.51. The predicted octanol–water partition coefficient (Wildman–Crippen LogP) is 1.39. The Morgan fingerprint density at radius 1 is 1.33 bits per heavy atom. The highest BCUT2D eigenvalue weighted by atomic mass is 16.5. The molecular weight excluding hydrogens is 192 g/mol. The Morgan fingerprint density at radius 2 is 2.13 bits per heavy atom. The monoisotopic (exact) mass is 208 g/mol. The van der Waals surface area contributed by atoms with E-state index in [2.05, 4.69) is 0 Å². The minimum Gasteiger partial charge on any atom is -0.488 e. The van der Waals surface area contributed by atoms with Crippen LogP contribution >= 0.6 is 0 Å². The minimum atomic E-state index is 0.191. The fourth-order valence-electron chi connectivity index (χ4n) is 1.66. The van der Waals surface area contributed by atoms with Crippen LogP contribution in [0.2, 0.25) is 0 Å². The zero-order chi connectivity index (χ0) is 10.5. The van der Waals surface area contributed by atoms with Crippen LogP contribution in [0, 0.1) is 0 Å². The van der Waals surface area contributed by atoms with Crippen molar-refractivity contribution in [2.45, 2.75) is 18.9 Å². The van der Waals surface area contributed by atoms with Gasteiger partial charge in [-0.25, -0.2) is 0 Å². The smallest absolute Gasteiger partial charge is 0.124 e. The zero-order valence-electron chi connectivity index (χ0n) is 8.69. The van der Waals surface area contributed by atoms with Crippen LogP contribution in [-0.2, 0) is 11.2 Å². The van der Waals surface area contributed by atoms with Crippen LogP contribution in [0.5, 0.6) is 5.75 Å². The molecule has 1 aromatic rings. The van der Waals surface area contributed by atoms with Crippen LogP contribution in [0.3, 0.4) is 0 Å². The lowest BCUT2D eigenvalue weighted by molar-refractivity contribution is 0.141. The van der Waals surface area contributed by atoms with Crippen molar-refractivity contribution in [3.05, 3.63) is 29.8 Å². The van der Waals surface area contributed by atoms with Crippen molar-refractivity contribution >= 4 is 0 Å². The Hall–Kier alpha value is -1.06. The Bertz CT molecular complexity index is 288. The molecule has 3 nitrogen and oxygen atoms in total. The van der Waals surface area contributed by atoms with Crippen molar-refractivity contribution in [3.63, 3.8) is 0 Å². The van der Waals surface area contributed by atoms with Crippen molar-refractivity contribution in [1.29, 1.82) is 0 Å². The molecule has 0 saturated carbocycles. The van der Waals surface area contributed by atoms with Crippen molar-refractivity contribution in [3.8, 4) is 5.75 Å². The summed E-state index contributed by atoms with van der Waals surface area (Å²) in [4.78, 5) is 0. The zero-order valence-corrected chi connectivity index (χ0v) is 8.69. The maximum atomic E-state index is 8.77. The first kappa shape index (κ1) is 10.5. The summed E-state index contributed by atoms with van der Waals surface area (Å²) >= 11 is 0. The normalized spacial score (nSPS) is 20.5. The Balaban J connectivity index is 1.91. The van der Waals surface area contributed by atoms with Crippen LogP contribution in [0.25, 0.3) is 0 Å². The van der Waals surface area contributed by atoms with Gasteiger partial charge in [-0.1, -0.05) is 12.1 Å². The summed E-state index contributed by atoms with van der Waals surface area (Å²) in [7, 11) is 0. The summed E-state index contributed by atoms with van der Waals surface area (Å²) in [5.74, 6) is 0.882. The molecular formula is C12H16O3. The van der Waals surface area contributed by atoms with Crippen molar-refractivity contribution in [2.75, 3.05) is 19.8 Å². The van der Waals surface area contributed by atoms with Crippen molar-refractivity contribution < 1.29 is 14.6 Å². The molecule has 1 unspecified atom stereocenters. The number of rotatable bonds is 4. The molecule has 1 N–H and O–H groups in total. The van der Waals surface area contributed by atoms with E-state index in [9.17, 15) is 0 Å². The van der Waals surface area contributed by atoms with Crippen LogP contribution in [0.1, 0.15) is 12.0 Å². The van der Waals surface area contributed by atoms with Crippen LogP contribution < -0.4 is 4.74 Å². The molecule has 82 valence electrons. The number of benzene rings is 1. The van der Waals surface area contributed by atoms with Gasteiger partial charge in [-0.2, -0.15) is 0 Å². The van der Waals surface area contributed by atoms with E-state index in [0.29, 0.717) is 13.0 Å². The van der Waals surface area contributed by atoms with Gasteiger partial charge >= 0.3 is 0 Å².